The first-order valence-corrected chi connectivity index (χ1v) is 5.18. The minimum absolute atomic E-state index is 0.222. The van der Waals surface area contributed by atoms with E-state index in [4.69, 9.17) is 4.74 Å². The van der Waals surface area contributed by atoms with Gasteiger partial charge in [0.25, 0.3) is 0 Å². The van der Waals surface area contributed by atoms with Crippen molar-refractivity contribution in [1.82, 2.24) is 0 Å². The van der Waals surface area contributed by atoms with Gasteiger partial charge in [-0.15, -0.1) is 0 Å². The third kappa shape index (κ3) is 3.44. The topological polar surface area (TPSA) is 24.5 Å². The van der Waals surface area contributed by atoms with Gasteiger partial charge in [0.2, 0.25) is 0 Å². The monoisotopic (exact) mass is 208 g/mol. The van der Waals surface area contributed by atoms with E-state index in [-0.39, 0.29) is 6.10 Å². The molecule has 1 aromatic carbocycles. The molecule has 0 aliphatic carbocycles. The fourth-order valence-electron chi connectivity index (χ4n) is 1.35. The molecule has 1 unspecified atom stereocenters. The zero-order chi connectivity index (χ0) is 11.3. The molecule has 84 valence electrons. The maximum atomic E-state index is 5.20. The summed E-state index contributed by atoms with van der Waals surface area (Å²) in [5.74, 6) is 0. The van der Waals surface area contributed by atoms with Crippen LogP contribution in [0.5, 0.6) is 0 Å². The SMILES string of the molecule is COC(C)CNc1ccccc1N(C)C. The van der Waals surface area contributed by atoms with E-state index in [9.17, 15) is 0 Å². The molecule has 0 aromatic heterocycles. The minimum atomic E-state index is 0.222. The predicted molar refractivity (Wildman–Crippen MR) is 65.7 cm³/mol. The molecule has 0 spiro atoms. The summed E-state index contributed by atoms with van der Waals surface area (Å²) in [5.41, 5.74) is 2.34. The summed E-state index contributed by atoms with van der Waals surface area (Å²) < 4.78 is 5.20. The summed E-state index contributed by atoms with van der Waals surface area (Å²) in [6.07, 6.45) is 0.222. The lowest BCUT2D eigenvalue weighted by molar-refractivity contribution is 0.129. The maximum absolute atomic E-state index is 5.20. The van der Waals surface area contributed by atoms with E-state index in [1.165, 1.54) is 5.69 Å². The third-order valence-corrected chi connectivity index (χ3v) is 2.37. The molecule has 1 atom stereocenters. The average molecular weight is 208 g/mol. The van der Waals surface area contributed by atoms with E-state index in [1.807, 2.05) is 33.2 Å². The number of hydrogen-bond donors (Lipinski definition) is 1. The van der Waals surface area contributed by atoms with Crippen LogP contribution in [0.4, 0.5) is 11.4 Å². The van der Waals surface area contributed by atoms with Gasteiger partial charge >= 0.3 is 0 Å². The molecule has 0 fully saturated rings. The van der Waals surface area contributed by atoms with Crippen molar-refractivity contribution in [1.29, 1.82) is 0 Å². The number of nitrogens with zero attached hydrogens (tertiary/aromatic N) is 1. The first kappa shape index (κ1) is 11.9. The lowest BCUT2D eigenvalue weighted by Crippen LogP contribution is -2.20. The number of benzene rings is 1. The van der Waals surface area contributed by atoms with E-state index >= 15 is 0 Å². The highest BCUT2D eigenvalue weighted by Crippen LogP contribution is 2.23. The second kappa shape index (κ2) is 5.61. The van der Waals surface area contributed by atoms with Crippen molar-refractivity contribution < 1.29 is 4.74 Å². The van der Waals surface area contributed by atoms with Crippen LogP contribution >= 0.6 is 0 Å². The van der Waals surface area contributed by atoms with Gasteiger partial charge in [-0.25, -0.2) is 0 Å². The Morgan fingerprint density at radius 1 is 1.33 bits per heavy atom. The Hall–Kier alpha value is -1.22. The van der Waals surface area contributed by atoms with Gasteiger partial charge in [0.15, 0.2) is 0 Å². The van der Waals surface area contributed by atoms with Crippen LogP contribution < -0.4 is 10.2 Å². The number of ether oxygens (including phenoxy) is 1. The van der Waals surface area contributed by atoms with Crippen LogP contribution in [0.15, 0.2) is 24.3 Å². The summed E-state index contributed by atoms with van der Waals surface area (Å²) in [7, 11) is 5.81. The van der Waals surface area contributed by atoms with E-state index in [1.54, 1.807) is 7.11 Å². The number of nitrogens with one attached hydrogen (secondary N) is 1. The van der Waals surface area contributed by atoms with Gasteiger partial charge in [0.1, 0.15) is 0 Å². The van der Waals surface area contributed by atoms with Crippen molar-refractivity contribution in [3.05, 3.63) is 24.3 Å². The normalized spacial score (nSPS) is 12.3. The van der Waals surface area contributed by atoms with Crippen LogP contribution in [0, 0.1) is 0 Å². The largest absolute Gasteiger partial charge is 0.381 e. The second-order valence-corrected chi connectivity index (χ2v) is 3.84. The summed E-state index contributed by atoms with van der Waals surface area (Å²) in [6, 6.07) is 8.25. The minimum Gasteiger partial charge on any atom is -0.381 e. The number of anilines is 2. The Bertz CT molecular complexity index is 299. The van der Waals surface area contributed by atoms with Gasteiger partial charge in [0, 0.05) is 27.7 Å². The summed E-state index contributed by atoms with van der Waals surface area (Å²) >= 11 is 0. The highest BCUT2D eigenvalue weighted by Gasteiger charge is 2.04. The van der Waals surface area contributed by atoms with E-state index < -0.39 is 0 Å². The standard InChI is InChI=1S/C12H20N2O/c1-10(15-4)9-13-11-7-5-6-8-12(11)14(2)3/h5-8,10,13H,9H2,1-4H3. The average Bonchev–Trinajstić information content (AvgIpc) is 2.26. The summed E-state index contributed by atoms with van der Waals surface area (Å²) in [6.45, 7) is 2.87. The number of para-hydroxylation sites is 2. The van der Waals surface area contributed by atoms with Gasteiger partial charge < -0.3 is 15.0 Å². The molecule has 0 heterocycles. The number of methoxy groups -OCH3 is 1. The molecule has 1 N–H and O–H groups in total. The molecule has 0 radical (unpaired) electrons. The summed E-state index contributed by atoms with van der Waals surface area (Å²) in [4.78, 5) is 2.10. The summed E-state index contributed by atoms with van der Waals surface area (Å²) in [5, 5.41) is 3.38. The molecule has 0 saturated heterocycles. The molecule has 0 amide bonds. The second-order valence-electron chi connectivity index (χ2n) is 3.84. The Labute approximate surface area is 92.0 Å². The molecule has 0 aliphatic heterocycles. The Morgan fingerprint density at radius 2 is 2.00 bits per heavy atom. The van der Waals surface area contributed by atoms with Gasteiger partial charge in [-0.3, -0.25) is 0 Å². The molecule has 3 nitrogen and oxygen atoms in total. The molecular formula is C12H20N2O. The van der Waals surface area contributed by atoms with Crippen molar-refractivity contribution >= 4 is 11.4 Å². The lowest BCUT2D eigenvalue weighted by atomic mass is 10.2. The lowest BCUT2D eigenvalue weighted by Gasteiger charge is -2.19. The molecule has 0 saturated carbocycles. The van der Waals surface area contributed by atoms with Gasteiger partial charge in [-0.1, -0.05) is 12.1 Å². The predicted octanol–water partition coefficient (Wildman–Crippen LogP) is 2.20. The van der Waals surface area contributed by atoms with E-state index in [2.05, 4.69) is 22.3 Å². The van der Waals surface area contributed by atoms with Crippen LogP contribution in [0.2, 0.25) is 0 Å². The molecule has 1 rings (SSSR count). The molecular weight excluding hydrogens is 188 g/mol. The van der Waals surface area contributed by atoms with Crippen molar-refractivity contribution in [2.24, 2.45) is 0 Å². The number of hydrogen-bond acceptors (Lipinski definition) is 3. The van der Waals surface area contributed by atoms with Crippen molar-refractivity contribution in [3.8, 4) is 0 Å². The van der Waals surface area contributed by atoms with Crippen LogP contribution in [-0.4, -0.2) is 33.9 Å². The van der Waals surface area contributed by atoms with Gasteiger partial charge in [-0.2, -0.15) is 0 Å². The fourth-order valence-corrected chi connectivity index (χ4v) is 1.35. The fraction of sp³-hybridized carbons (Fsp3) is 0.500. The molecule has 15 heavy (non-hydrogen) atoms. The smallest absolute Gasteiger partial charge is 0.0715 e. The molecule has 0 bridgehead atoms. The van der Waals surface area contributed by atoms with Gasteiger partial charge in [0.05, 0.1) is 17.5 Å². The highest BCUT2D eigenvalue weighted by molar-refractivity contribution is 5.69. The first-order chi connectivity index (χ1) is 7.15. The zero-order valence-electron chi connectivity index (χ0n) is 9.95. The molecule has 0 aliphatic rings. The third-order valence-electron chi connectivity index (χ3n) is 2.37. The quantitative estimate of drug-likeness (QED) is 0.803. The Kier molecular flexibility index (Phi) is 4.43. The van der Waals surface area contributed by atoms with Gasteiger partial charge in [-0.05, 0) is 19.1 Å². The first-order valence-electron chi connectivity index (χ1n) is 5.18. The van der Waals surface area contributed by atoms with Crippen LogP contribution in [-0.2, 0) is 4.74 Å². The molecule has 3 heteroatoms. The van der Waals surface area contributed by atoms with E-state index in [0.29, 0.717) is 0 Å². The molecule has 1 aromatic rings. The Balaban J connectivity index is 2.67. The van der Waals surface area contributed by atoms with Crippen LogP contribution in [0.3, 0.4) is 0 Å². The number of rotatable bonds is 5. The Morgan fingerprint density at radius 3 is 2.60 bits per heavy atom. The van der Waals surface area contributed by atoms with Crippen LogP contribution in [0.25, 0.3) is 0 Å². The van der Waals surface area contributed by atoms with Crippen molar-refractivity contribution in [3.63, 3.8) is 0 Å². The highest BCUT2D eigenvalue weighted by atomic mass is 16.5. The maximum Gasteiger partial charge on any atom is 0.0715 e. The van der Waals surface area contributed by atoms with E-state index in [0.717, 1.165) is 12.2 Å². The van der Waals surface area contributed by atoms with Crippen molar-refractivity contribution in [2.45, 2.75) is 13.0 Å². The van der Waals surface area contributed by atoms with Crippen LogP contribution in [0.1, 0.15) is 6.92 Å². The van der Waals surface area contributed by atoms with Crippen molar-refractivity contribution in [2.75, 3.05) is 38.0 Å². The zero-order valence-corrected chi connectivity index (χ0v) is 9.95.